The van der Waals surface area contributed by atoms with Gasteiger partial charge in [0.2, 0.25) is 0 Å². The molecule has 2 aromatic rings. The van der Waals surface area contributed by atoms with Crippen LogP contribution in [0.15, 0.2) is 42.5 Å². The van der Waals surface area contributed by atoms with Crippen LogP contribution in [0.2, 0.25) is 0 Å². The molecule has 1 N–H and O–H groups in total. The molecule has 0 saturated heterocycles. The number of rotatable bonds is 10. The molecule has 0 aliphatic heterocycles. The number of nitrogens with zero attached hydrogens (tertiary/aromatic N) is 1. The number of hydrogen-bond donors (Lipinski definition) is 1. The van der Waals surface area contributed by atoms with E-state index in [2.05, 4.69) is 12.2 Å². The minimum absolute atomic E-state index is 0.122. The Morgan fingerprint density at radius 1 is 0.966 bits per heavy atom. The second-order valence-corrected chi connectivity index (χ2v) is 7.01. The maximum absolute atomic E-state index is 12.6. The number of amides is 2. The van der Waals surface area contributed by atoms with Crippen LogP contribution < -0.4 is 14.8 Å². The van der Waals surface area contributed by atoms with Crippen molar-refractivity contribution in [3.63, 3.8) is 0 Å². The molecule has 156 valence electrons. The average Bonchev–Trinajstić information content (AvgIpc) is 2.73. The highest BCUT2D eigenvalue weighted by molar-refractivity contribution is 6.05. The van der Waals surface area contributed by atoms with Crippen molar-refractivity contribution in [3.8, 4) is 11.5 Å². The van der Waals surface area contributed by atoms with Crippen LogP contribution in [0, 0.1) is 0 Å². The van der Waals surface area contributed by atoms with Gasteiger partial charge in [0.05, 0.1) is 13.7 Å². The second kappa shape index (κ2) is 11.1. The highest BCUT2D eigenvalue weighted by Crippen LogP contribution is 2.28. The summed E-state index contributed by atoms with van der Waals surface area (Å²) in [6, 6.07) is 12.0. The average molecular weight is 399 g/mol. The molecule has 29 heavy (non-hydrogen) atoms. The van der Waals surface area contributed by atoms with E-state index in [1.165, 1.54) is 17.7 Å². The van der Waals surface area contributed by atoms with Crippen LogP contribution in [0.1, 0.15) is 53.3 Å². The monoisotopic (exact) mass is 398 g/mol. The van der Waals surface area contributed by atoms with Gasteiger partial charge < -0.3 is 19.7 Å². The van der Waals surface area contributed by atoms with Crippen LogP contribution in [0.3, 0.4) is 0 Å². The minimum Gasteiger partial charge on any atom is -0.493 e. The summed E-state index contributed by atoms with van der Waals surface area (Å²) >= 11 is 0. The number of unbranched alkanes of at least 4 members (excludes halogenated alkanes) is 3. The zero-order chi connectivity index (χ0) is 21.2. The van der Waals surface area contributed by atoms with Gasteiger partial charge in [-0.05, 0) is 42.8 Å². The number of anilines is 1. The van der Waals surface area contributed by atoms with E-state index in [1.807, 2.05) is 0 Å². The molecule has 0 fully saturated rings. The molecule has 2 aromatic carbocycles. The second-order valence-electron chi connectivity index (χ2n) is 7.01. The Morgan fingerprint density at radius 2 is 1.76 bits per heavy atom. The van der Waals surface area contributed by atoms with Gasteiger partial charge in [-0.15, -0.1) is 0 Å². The molecule has 0 spiro atoms. The van der Waals surface area contributed by atoms with E-state index >= 15 is 0 Å². The lowest BCUT2D eigenvalue weighted by Gasteiger charge is -2.13. The largest absolute Gasteiger partial charge is 0.493 e. The van der Waals surface area contributed by atoms with Gasteiger partial charge in [-0.1, -0.05) is 32.3 Å². The van der Waals surface area contributed by atoms with E-state index in [4.69, 9.17) is 9.47 Å². The van der Waals surface area contributed by atoms with Crippen molar-refractivity contribution in [3.05, 3.63) is 53.6 Å². The number of methoxy groups -OCH3 is 1. The van der Waals surface area contributed by atoms with Gasteiger partial charge in [-0.2, -0.15) is 0 Å². The molecule has 0 aliphatic carbocycles. The lowest BCUT2D eigenvalue weighted by molar-refractivity contribution is 0.0827. The standard InChI is InChI=1S/C23H30N2O4/c1-5-6-7-8-14-29-20-13-12-17(16-21(20)28-4)22(26)24-19-11-9-10-18(15-19)23(27)25(2)3/h9-13,15-16H,5-8,14H2,1-4H3,(H,24,26). The number of hydrogen-bond acceptors (Lipinski definition) is 4. The van der Waals surface area contributed by atoms with Gasteiger partial charge in [0, 0.05) is 30.9 Å². The summed E-state index contributed by atoms with van der Waals surface area (Å²) in [5.74, 6) is 0.735. The predicted molar refractivity (Wildman–Crippen MR) is 115 cm³/mol. The SMILES string of the molecule is CCCCCCOc1ccc(C(=O)Nc2cccc(C(=O)N(C)C)c2)cc1OC. The minimum atomic E-state index is -0.285. The molecule has 0 radical (unpaired) electrons. The van der Waals surface area contributed by atoms with Crippen molar-refractivity contribution in [1.29, 1.82) is 0 Å². The summed E-state index contributed by atoms with van der Waals surface area (Å²) < 4.78 is 11.2. The fourth-order valence-corrected chi connectivity index (χ4v) is 2.83. The highest BCUT2D eigenvalue weighted by atomic mass is 16.5. The molecule has 2 amide bonds. The van der Waals surface area contributed by atoms with Gasteiger partial charge in [-0.3, -0.25) is 9.59 Å². The normalized spacial score (nSPS) is 10.3. The van der Waals surface area contributed by atoms with E-state index in [-0.39, 0.29) is 11.8 Å². The molecule has 6 heteroatoms. The quantitative estimate of drug-likeness (QED) is 0.594. The van der Waals surface area contributed by atoms with Gasteiger partial charge in [0.1, 0.15) is 0 Å². The Balaban J connectivity index is 2.05. The number of carbonyl (C=O) groups is 2. The molecular formula is C23H30N2O4. The summed E-state index contributed by atoms with van der Waals surface area (Å²) in [4.78, 5) is 26.2. The molecule has 0 saturated carbocycles. The molecule has 6 nitrogen and oxygen atoms in total. The molecule has 0 atom stereocenters. The molecular weight excluding hydrogens is 368 g/mol. The molecule has 0 heterocycles. The Kier molecular flexibility index (Phi) is 8.52. The van der Waals surface area contributed by atoms with Gasteiger partial charge in [-0.25, -0.2) is 0 Å². The Bertz CT molecular complexity index is 833. The first kappa shape index (κ1) is 22.3. The van der Waals surface area contributed by atoms with Crippen molar-refractivity contribution in [2.75, 3.05) is 33.1 Å². The molecule has 0 aromatic heterocycles. The van der Waals surface area contributed by atoms with Gasteiger partial charge in [0.25, 0.3) is 11.8 Å². The number of carbonyl (C=O) groups excluding carboxylic acids is 2. The van der Waals surface area contributed by atoms with Crippen molar-refractivity contribution in [2.24, 2.45) is 0 Å². The Morgan fingerprint density at radius 3 is 2.45 bits per heavy atom. The number of nitrogens with one attached hydrogen (secondary N) is 1. The third-order valence-electron chi connectivity index (χ3n) is 4.45. The van der Waals surface area contributed by atoms with Crippen molar-refractivity contribution >= 4 is 17.5 Å². The van der Waals surface area contributed by atoms with Gasteiger partial charge >= 0.3 is 0 Å². The van der Waals surface area contributed by atoms with E-state index in [0.717, 1.165) is 12.8 Å². The first-order valence-corrected chi connectivity index (χ1v) is 9.90. The fraction of sp³-hybridized carbons (Fsp3) is 0.391. The smallest absolute Gasteiger partial charge is 0.255 e. The summed E-state index contributed by atoms with van der Waals surface area (Å²) in [6.07, 6.45) is 4.50. The van der Waals surface area contributed by atoms with Crippen molar-refractivity contribution in [2.45, 2.75) is 32.6 Å². The van der Waals surface area contributed by atoms with Crippen LogP contribution in [0.4, 0.5) is 5.69 Å². The topological polar surface area (TPSA) is 67.9 Å². The first-order chi connectivity index (χ1) is 14.0. The third-order valence-corrected chi connectivity index (χ3v) is 4.45. The Hall–Kier alpha value is -3.02. The lowest BCUT2D eigenvalue weighted by atomic mass is 10.1. The zero-order valence-electron chi connectivity index (χ0n) is 17.7. The van der Waals surface area contributed by atoms with E-state index in [9.17, 15) is 9.59 Å². The fourth-order valence-electron chi connectivity index (χ4n) is 2.83. The highest BCUT2D eigenvalue weighted by Gasteiger charge is 2.13. The predicted octanol–water partition coefficient (Wildman–Crippen LogP) is 4.61. The van der Waals surface area contributed by atoms with E-state index < -0.39 is 0 Å². The molecule has 0 aliphatic rings. The maximum Gasteiger partial charge on any atom is 0.255 e. The summed E-state index contributed by atoms with van der Waals surface area (Å²) in [5.41, 5.74) is 1.51. The summed E-state index contributed by atoms with van der Waals surface area (Å²) in [5, 5.41) is 2.82. The van der Waals surface area contributed by atoms with E-state index in [0.29, 0.717) is 34.9 Å². The molecule has 0 bridgehead atoms. The lowest BCUT2D eigenvalue weighted by Crippen LogP contribution is -2.22. The molecule has 2 rings (SSSR count). The van der Waals surface area contributed by atoms with Crippen LogP contribution in [0.5, 0.6) is 11.5 Å². The maximum atomic E-state index is 12.6. The third kappa shape index (κ3) is 6.52. The van der Waals surface area contributed by atoms with Gasteiger partial charge in [0.15, 0.2) is 11.5 Å². The van der Waals surface area contributed by atoms with Crippen molar-refractivity contribution < 1.29 is 19.1 Å². The van der Waals surface area contributed by atoms with Crippen molar-refractivity contribution in [1.82, 2.24) is 4.90 Å². The zero-order valence-corrected chi connectivity index (χ0v) is 17.7. The van der Waals surface area contributed by atoms with Crippen LogP contribution in [0.25, 0.3) is 0 Å². The summed E-state index contributed by atoms with van der Waals surface area (Å²) in [7, 11) is 4.93. The van der Waals surface area contributed by atoms with Crippen LogP contribution in [-0.2, 0) is 0 Å². The Labute approximate surface area is 172 Å². The summed E-state index contributed by atoms with van der Waals surface area (Å²) in [6.45, 7) is 2.79. The van der Waals surface area contributed by atoms with Crippen LogP contribution in [-0.4, -0.2) is 44.5 Å². The number of benzene rings is 2. The van der Waals surface area contributed by atoms with Crippen LogP contribution >= 0.6 is 0 Å². The first-order valence-electron chi connectivity index (χ1n) is 9.90. The molecule has 0 unspecified atom stereocenters. The van der Waals surface area contributed by atoms with E-state index in [1.54, 1.807) is 63.7 Å². The number of ether oxygens (including phenoxy) is 2.